The van der Waals surface area contributed by atoms with E-state index in [1.165, 1.54) is 6.08 Å². The van der Waals surface area contributed by atoms with Crippen LogP contribution in [0, 0.1) is 0 Å². The summed E-state index contributed by atoms with van der Waals surface area (Å²) in [7, 11) is 0. The fourth-order valence-corrected chi connectivity index (χ4v) is 1.04. The van der Waals surface area contributed by atoms with Crippen molar-refractivity contribution in [1.29, 1.82) is 0 Å². The first-order chi connectivity index (χ1) is 6.09. The molecule has 0 spiro atoms. The third-order valence-electron chi connectivity index (χ3n) is 1.39. The maximum absolute atomic E-state index is 10.2. The Morgan fingerprint density at radius 1 is 1.23 bits per heavy atom. The van der Waals surface area contributed by atoms with Crippen molar-refractivity contribution in [2.45, 2.75) is 0 Å². The van der Waals surface area contributed by atoms with Gasteiger partial charge in [0.15, 0.2) is 0 Å². The molecule has 0 fully saturated rings. The SMILES string of the molecule is O=C(O)C(O)=Cc1ccc(Br)cc1. The van der Waals surface area contributed by atoms with Crippen molar-refractivity contribution in [2.24, 2.45) is 0 Å². The van der Waals surface area contributed by atoms with Crippen LogP contribution in [0.3, 0.4) is 0 Å². The van der Waals surface area contributed by atoms with Crippen LogP contribution in [0.1, 0.15) is 5.56 Å². The van der Waals surface area contributed by atoms with E-state index in [1.807, 2.05) is 0 Å². The van der Waals surface area contributed by atoms with Crippen molar-refractivity contribution >= 4 is 28.0 Å². The summed E-state index contributed by atoms with van der Waals surface area (Å²) in [6.45, 7) is 0. The molecule has 1 aromatic rings. The highest BCUT2D eigenvalue weighted by Gasteiger charge is 2.02. The second kappa shape index (κ2) is 4.09. The Balaban J connectivity index is 2.92. The highest BCUT2D eigenvalue weighted by Crippen LogP contribution is 2.12. The number of carbonyl (C=O) groups is 1. The first-order valence-corrected chi connectivity index (χ1v) is 4.28. The van der Waals surface area contributed by atoms with Gasteiger partial charge in [0.2, 0.25) is 5.76 Å². The van der Waals surface area contributed by atoms with Crippen molar-refractivity contribution in [3.8, 4) is 0 Å². The van der Waals surface area contributed by atoms with Gasteiger partial charge >= 0.3 is 5.97 Å². The van der Waals surface area contributed by atoms with Gasteiger partial charge in [-0.3, -0.25) is 0 Å². The normalized spacial score (nSPS) is 11.3. The van der Waals surface area contributed by atoms with Crippen LogP contribution in [-0.2, 0) is 4.79 Å². The standard InChI is InChI=1S/C9H7BrO3/c10-7-3-1-6(2-4-7)5-8(11)9(12)13/h1-5,11H,(H,12,13). The monoisotopic (exact) mass is 242 g/mol. The summed E-state index contributed by atoms with van der Waals surface area (Å²) in [5, 5.41) is 17.3. The van der Waals surface area contributed by atoms with Crippen LogP contribution in [0.25, 0.3) is 6.08 Å². The van der Waals surface area contributed by atoms with Crippen LogP contribution in [0.2, 0.25) is 0 Å². The Morgan fingerprint density at radius 2 is 1.77 bits per heavy atom. The number of carboxylic acids is 1. The van der Waals surface area contributed by atoms with Crippen molar-refractivity contribution in [3.63, 3.8) is 0 Å². The molecule has 0 radical (unpaired) electrons. The summed E-state index contributed by atoms with van der Waals surface area (Å²) in [5.74, 6) is -2.00. The summed E-state index contributed by atoms with van der Waals surface area (Å²) < 4.78 is 0.902. The Morgan fingerprint density at radius 3 is 2.23 bits per heavy atom. The minimum absolute atomic E-state index is 0.642. The van der Waals surface area contributed by atoms with E-state index in [0.717, 1.165) is 4.47 Å². The molecular weight excluding hydrogens is 236 g/mol. The lowest BCUT2D eigenvalue weighted by Gasteiger charge is -1.94. The molecule has 0 atom stereocenters. The van der Waals surface area contributed by atoms with Crippen LogP contribution >= 0.6 is 15.9 Å². The van der Waals surface area contributed by atoms with E-state index in [2.05, 4.69) is 15.9 Å². The van der Waals surface area contributed by atoms with Gasteiger partial charge in [0, 0.05) is 4.47 Å². The maximum Gasteiger partial charge on any atom is 0.370 e. The molecule has 0 saturated carbocycles. The van der Waals surface area contributed by atoms with Crippen molar-refractivity contribution < 1.29 is 15.0 Å². The van der Waals surface area contributed by atoms with Gasteiger partial charge in [-0.2, -0.15) is 0 Å². The molecule has 0 aromatic heterocycles. The average Bonchev–Trinajstić information content (AvgIpc) is 2.08. The number of aliphatic hydroxyl groups excluding tert-OH is 1. The molecule has 0 unspecified atom stereocenters. The molecule has 68 valence electrons. The number of carboxylic acid groups (broad SMARTS) is 1. The second-order valence-electron chi connectivity index (χ2n) is 2.39. The first kappa shape index (κ1) is 9.80. The number of benzene rings is 1. The van der Waals surface area contributed by atoms with E-state index in [0.29, 0.717) is 5.56 Å². The summed E-state index contributed by atoms with van der Waals surface area (Å²) in [6.07, 6.45) is 1.19. The second-order valence-corrected chi connectivity index (χ2v) is 3.30. The molecule has 0 aliphatic carbocycles. The molecule has 0 heterocycles. The van der Waals surface area contributed by atoms with E-state index in [9.17, 15) is 4.79 Å². The molecule has 3 nitrogen and oxygen atoms in total. The fourth-order valence-electron chi connectivity index (χ4n) is 0.779. The number of hydrogen-bond acceptors (Lipinski definition) is 2. The molecule has 1 rings (SSSR count). The van der Waals surface area contributed by atoms with Crippen LogP contribution in [-0.4, -0.2) is 16.2 Å². The third-order valence-corrected chi connectivity index (χ3v) is 1.92. The summed E-state index contributed by atoms with van der Waals surface area (Å²) in [4.78, 5) is 10.2. The van der Waals surface area contributed by atoms with Gasteiger partial charge in [-0.1, -0.05) is 28.1 Å². The smallest absolute Gasteiger partial charge is 0.370 e. The molecule has 0 amide bonds. The topological polar surface area (TPSA) is 57.5 Å². The Hall–Kier alpha value is -1.29. The Bertz CT molecular complexity index is 340. The van der Waals surface area contributed by atoms with Gasteiger partial charge < -0.3 is 10.2 Å². The van der Waals surface area contributed by atoms with Gasteiger partial charge in [-0.15, -0.1) is 0 Å². The van der Waals surface area contributed by atoms with Crippen molar-refractivity contribution in [3.05, 3.63) is 40.1 Å². The summed E-state index contributed by atoms with van der Waals surface area (Å²) >= 11 is 3.24. The van der Waals surface area contributed by atoms with Crippen LogP contribution < -0.4 is 0 Å². The molecule has 0 aliphatic rings. The van der Waals surface area contributed by atoms with Crippen molar-refractivity contribution in [1.82, 2.24) is 0 Å². The highest BCUT2D eigenvalue weighted by atomic mass is 79.9. The van der Waals surface area contributed by atoms with Crippen LogP contribution in [0.4, 0.5) is 0 Å². The molecular formula is C9H7BrO3. The predicted molar refractivity (Wildman–Crippen MR) is 52.4 cm³/mol. The number of hydrogen-bond donors (Lipinski definition) is 2. The van der Waals surface area contributed by atoms with E-state index in [4.69, 9.17) is 10.2 Å². The molecule has 0 bridgehead atoms. The number of aliphatic carboxylic acids is 1. The number of halogens is 1. The lowest BCUT2D eigenvalue weighted by molar-refractivity contribution is -0.135. The van der Waals surface area contributed by atoms with E-state index in [1.54, 1.807) is 24.3 Å². The first-order valence-electron chi connectivity index (χ1n) is 3.49. The van der Waals surface area contributed by atoms with E-state index >= 15 is 0 Å². The maximum atomic E-state index is 10.2. The van der Waals surface area contributed by atoms with Gasteiger partial charge in [0.05, 0.1) is 0 Å². The zero-order valence-corrected chi connectivity index (χ0v) is 8.15. The predicted octanol–water partition coefficient (Wildman–Crippen LogP) is 2.43. The molecule has 0 aliphatic heterocycles. The zero-order chi connectivity index (χ0) is 9.84. The van der Waals surface area contributed by atoms with Gasteiger partial charge in [0.25, 0.3) is 0 Å². The Labute approximate surface area is 83.5 Å². The third kappa shape index (κ3) is 2.91. The number of rotatable bonds is 2. The molecule has 1 aromatic carbocycles. The quantitative estimate of drug-likeness (QED) is 0.619. The van der Waals surface area contributed by atoms with Crippen molar-refractivity contribution in [2.75, 3.05) is 0 Å². The zero-order valence-electron chi connectivity index (χ0n) is 6.57. The minimum atomic E-state index is -1.33. The number of aliphatic hydroxyl groups is 1. The fraction of sp³-hybridized carbons (Fsp3) is 0. The van der Waals surface area contributed by atoms with Gasteiger partial charge in [-0.05, 0) is 23.8 Å². The van der Waals surface area contributed by atoms with E-state index in [-0.39, 0.29) is 0 Å². The minimum Gasteiger partial charge on any atom is -0.502 e. The molecule has 4 heteroatoms. The van der Waals surface area contributed by atoms with Crippen LogP contribution in [0.15, 0.2) is 34.5 Å². The molecule has 0 saturated heterocycles. The Kier molecular flexibility index (Phi) is 3.08. The molecule has 2 N–H and O–H groups in total. The van der Waals surface area contributed by atoms with Gasteiger partial charge in [-0.25, -0.2) is 4.79 Å². The largest absolute Gasteiger partial charge is 0.502 e. The lowest BCUT2D eigenvalue weighted by atomic mass is 10.2. The van der Waals surface area contributed by atoms with Crippen LogP contribution in [0.5, 0.6) is 0 Å². The lowest BCUT2D eigenvalue weighted by Crippen LogP contribution is -1.98. The van der Waals surface area contributed by atoms with E-state index < -0.39 is 11.7 Å². The summed E-state index contributed by atoms with van der Waals surface area (Å²) in [5.41, 5.74) is 0.642. The average molecular weight is 243 g/mol. The molecule has 13 heavy (non-hydrogen) atoms. The highest BCUT2D eigenvalue weighted by molar-refractivity contribution is 9.10. The van der Waals surface area contributed by atoms with Gasteiger partial charge in [0.1, 0.15) is 0 Å². The summed E-state index contributed by atoms with van der Waals surface area (Å²) in [6, 6.07) is 6.93.